The molecule has 0 spiro atoms. The molecule has 1 aliphatic heterocycles. The molecule has 6 nitrogen and oxygen atoms in total. The van der Waals surface area contributed by atoms with E-state index in [0.29, 0.717) is 22.2 Å². The van der Waals surface area contributed by atoms with Crippen molar-refractivity contribution in [1.82, 2.24) is 9.88 Å². The Balaban J connectivity index is 1.01. The van der Waals surface area contributed by atoms with Crippen LogP contribution in [0.1, 0.15) is 35.6 Å². The molecule has 1 unspecified atom stereocenters. The van der Waals surface area contributed by atoms with Crippen LogP contribution in [-0.2, 0) is 22.7 Å². The van der Waals surface area contributed by atoms with Crippen molar-refractivity contribution in [2.75, 3.05) is 18.1 Å². The Morgan fingerprint density at radius 2 is 1.89 bits per heavy atom. The molecular weight excluding hydrogens is 533 g/mol. The first-order chi connectivity index (χ1) is 18.4. The highest BCUT2D eigenvalue weighted by Gasteiger charge is 2.50. The minimum absolute atomic E-state index is 0.327. The molecule has 2 heterocycles. The van der Waals surface area contributed by atoms with Gasteiger partial charge in [0.15, 0.2) is 20.1 Å². The highest BCUT2D eigenvalue weighted by Crippen LogP contribution is 2.53. The van der Waals surface area contributed by atoms with Crippen LogP contribution in [0.25, 0.3) is 10.2 Å². The normalized spacial score (nSPS) is 21.7. The standard InChI is InChI=1S/C29H28N4O2S3/c1-38(34,35)22-12-13-24-25(17-22)36-28(32-24)30-15-14-18-6-8-20(9-7-18)31-29-33(21-10-11-21)27-23-5-3-2-4-19(23)16-26(27)37-29/h2-9,12-13,17,21,26-27H,10-11,14-16H2,1H3,(H,30,32)/b31-29-/t26?,27-/m0/s1. The second-order valence-electron chi connectivity index (χ2n) is 10.3. The number of sulfone groups is 1. The largest absolute Gasteiger partial charge is 0.361 e. The first kappa shape index (κ1) is 24.2. The van der Waals surface area contributed by atoms with Crippen LogP contribution in [0, 0.1) is 0 Å². The lowest BCUT2D eigenvalue weighted by atomic mass is 10.1. The summed E-state index contributed by atoms with van der Waals surface area (Å²) in [5.74, 6) is 0. The predicted octanol–water partition coefficient (Wildman–Crippen LogP) is 6.22. The lowest BCUT2D eigenvalue weighted by Crippen LogP contribution is -2.30. The number of thioether (sulfide) groups is 1. The number of rotatable bonds is 7. The van der Waals surface area contributed by atoms with E-state index in [1.807, 2.05) is 11.8 Å². The molecule has 3 aliphatic rings. The molecule has 38 heavy (non-hydrogen) atoms. The second-order valence-corrected chi connectivity index (χ2v) is 14.6. The van der Waals surface area contributed by atoms with Gasteiger partial charge in [0.05, 0.1) is 26.8 Å². The van der Waals surface area contributed by atoms with Crippen molar-refractivity contribution >= 4 is 59.1 Å². The van der Waals surface area contributed by atoms with Crippen molar-refractivity contribution in [2.45, 2.75) is 47.9 Å². The Hall–Kier alpha value is -2.88. The zero-order valence-electron chi connectivity index (χ0n) is 21.0. The maximum atomic E-state index is 11.8. The number of benzene rings is 3. The highest BCUT2D eigenvalue weighted by atomic mass is 32.2. The summed E-state index contributed by atoms with van der Waals surface area (Å²) in [4.78, 5) is 12.6. The third-order valence-corrected chi connectivity index (χ3v) is 10.8. The van der Waals surface area contributed by atoms with Gasteiger partial charge in [0.2, 0.25) is 0 Å². The van der Waals surface area contributed by atoms with E-state index in [2.05, 4.69) is 63.7 Å². The summed E-state index contributed by atoms with van der Waals surface area (Å²) >= 11 is 3.44. The van der Waals surface area contributed by atoms with Crippen molar-refractivity contribution in [2.24, 2.45) is 4.99 Å². The smallest absolute Gasteiger partial charge is 0.183 e. The van der Waals surface area contributed by atoms with E-state index in [0.717, 1.165) is 40.4 Å². The number of thiazole rings is 1. The zero-order chi connectivity index (χ0) is 25.9. The van der Waals surface area contributed by atoms with Crippen LogP contribution >= 0.6 is 23.1 Å². The number of aliphatic imine (C=N–C) groups is 1. The van der Waals surface area contributed by atoms with Gasteiger partial charge in [-0.2, -0.15) is 0 Å². The van der Waals surface area contributed by atoms with E-state index in [9.17, 15) is 8.42 Å². The predicted molar refractivity (Wildman–Crippen MR) is 158 cm³/mol. The van der Waals surface area contributed by atoms with Crippen molar-refractivity contribution in [3.8, 4) is 0 Å². The lowest BCUT2D eigenvalue weighted by Gasteiger charge is -2.26. The topological polar surface area (TPSA) is 74.7 Å². The third kappa shape index (κ3) is 4.61. The molecular formula is C29H28N4O2S3. The van der Waals surface area contributed by atoms with Gasteiger partial charge in [0.1, 0.15) is 0 Å². The minimum atomic E-state index is -3.22. The Morgan fingerprint density at radius 1 is 1.08 bits per heavy atom. The number of nitrogens with one attached hydrogen (secondary N) is 1. The van der Waals surface area contributed by atoms with Crippen LogP contribution in [0.3, 0.4) is 0 Å². The fourth-order valence-corrected chi connectivity index (χ4v) is 8.62. The lowest BCUT2D eigenvalue weighted by molar-refractivity contribution is 0.330. The molecule has 3 aromatic carbocycles. The molecule has 1 aromatic heterocycles. The fourth-order valence-electron chi connectivity index (χ4n) is 5.48. The molecule has 0 amide bonds. The van der Waals surface area contributed by atoms with E-state index in [1.165, 1.54) is 52.3 Å². The van der Waals surface area contributed by atoms with Crippen LogP contribution in [0.4, 0.5) is 10.8 Å². The minimum Gasteiger partial charge on any atom is -0.361 e. The molecule has 9 heteroatoms. The first-order valence-corrected chi connectivity index (χ1v) is 16.6. The highest BCUT2D eigenvalue weighted by molar-refractivity contribution is 8.14. The number of fused-ring (bicyclic) bond motifs is 4. The molecule has 194 valence electrons. The van der Waals surface area contributed by atoms with Crippen LogP contribution in [0.15, 0.2) is 76.6 Å². The number of aromatic nitrogens is 1. The van der Waals surface area contributed by atoms with Crippen LogP contribution in [0.5, 0.6) is 0 Å². The van der Waals surface area contributed by atoms with Crippen molar-refractivity contribution in [3.63, 3.8) is 0 Å². The van der Waals surface area contributed by atoms with Crippen molar-refractivity contribution in [3.05, 3.63) is 83.4 Å². The maximum absolute atomic E-state index is 11.8. The summed E-state index contributed by atoms with van der Waals surface area (Å²) in [6.07, 6.45) is 5.76. The van der Waals surface area contributed by atoms with Crippen LogP contribution in [-0.4, -0.2) is 47.6 Å². The molecule has 7 rings (SSSR count). The molecule has 1 saturated carbocycles. The SMILES string of the molecule is CS(=O)(=O)c1ccc2nc(NCCc3ccc(/N=C4\SC5Cc6ccccc6[C@@H]5N4C4CC4)cc3)sc2c1. The summed E-state index contributed by atoms with van der Waals surface area (Å²) in [6.45, 7) is 0.751. The number of anilines is 1. The van der Waals surface area contributed by atoms with E-state index >= 15 is 0 Å². The summed E-state index contributed by atoms with van der Waals surface area (Å²) in [5, 5.41) is 5.94. The van der Waals surface area contributed by atoms with E-state index in [4.69, 9.17) is 4.99 Å². The molecule has 4 aromatic rings. The van der Waals surface area contributed by atoms with Crippen molar-refractivity contribution < 1.29 is 8.42 Å². The maximum Gasteiger partial charge on any atom is 0.183 e. The Morgan fingerprint density at radius 3 is 2.68 bits per heavy atom. The molecule has 2 fully saturated rings. The van der Waals surface area contributed by atoms with Gasteiger partial charge in [-0.1, -0.05) is 59.5 Å². The molecule has 2 aliphatic carbocycles. The molecule has 0 bridgehead atoms. The van der Waals surface area contributed by atoms with Crippen molar-refractivity contribution in [1.29, 1.82) is 0 Å². The van der Waals surface area contributed by atoms with Gasteiger partial charge < -0.3 is 10.2 Å². The van der Waals surface area contributed by atoms with E-state index in [-0.39, 0.29) is 0 Å². The molecule has 2 atom stereocenters. The number of hydrogen-bond acceptors (Lipinski definition) is 7. The monoisotopic (exact) mass is 560 g/mol. The van der Waals surface area contributed by atoms with Gasteiger partial charge in [-0.05, 0) is 72.7 Å². The Bertz CT molecular complexity index is 1660. The molecule has 1 N–H and O–H groups in total. The summed E-state index contributed by atoms with van der Waals surface area (Å²) in [7, 11) is -3.22. The number of nitrogens with zero attached hydrogens (tertiary/aromatic N) is 3. The summed E-state index contributed by atoms with van der Waals surface area (Å²) in [6, 6.07) is 23.7. The average Bonchev–Trinajstić information content (AvgIpc) is 3.41. The second kappa shape index (κ2) is 9.39. The Kier molecular flexibility index (Phi) is 5.98. The van der Waals surface area contributed by atoms with Crippen LogP contribution < -0.4 is 5.32 Å². The zero-order valence-corrected chi connectivity index (χ0v) is 23.5. The van der Waals surface area contributed by atoms with Gasteiger partial charge in [-0.3, -0.25) is 0 Å². The van der Waals surface area contributed by atoms with Gasteiger partial charge in [0, 0.05) is 24.1 Å². The van der Waals surface area contributed by atoms with Crippen LogP contribution in [0.2, 0.25) is 0 Å². The van der Waals surface area contributed by atoms with E-state index in [1.54, 1.807) is 18.2 Å². The molecule has 0 radical (unpaired) electrons. The van der Waals surface area contributed by atoms with Gasteiger partial charge in [-0.15, -0.1) is 0 Å². The average molecular weight is 561 g/mol. The fraction of sp³-hybridized carbons (Fsp3) is 0.310. The Labute approximate surface area is 231 Å². The number of amidine groups is 1. The third-order valence-electron chi connectivity index (χ3n) is 7.50. The number of hydrogen-bond donors (Lipinski definition) is 1. The molecule has 1 saturated heterocycles. The summed E-state index contributed by atoms with van der Waals surface area (Å²) < 4.78 is 24.5. The van der Waals surface area contributed by atoms with Gasteiger partial charge in [-0.25, -0.2) is 18.4 Å². The van der Waals surface area contributed by atoms with Gasteiger partial charge in [0.25, 0.3) is 0 Å². The van der Waals surface area contributed by atoms with Gasteiger partial charge >= 0.3 is 0 Å². The summed E-state index contributed by atoms with van der Waals surface area (Å²) in [5.41, 5.74) is 6.06. The quantitative estimate of drug-likeness (QED) is 0.289. The first-order valence-electron chi connectivity index (χ1n) is 13.0. The van der Waals surface area contributed by atoms with E-state index < -0.39 is 9.84 Å².